The second-order valence-corrected chi connectivity index (χ2v) is 6.02. The lowest BCUT2D eigenvalue weighted by molar-refractivity contribution is -0.159. The van der Waals surface area contributed by atoms with Crippen LogP contribution in [0.4, 0.5) is 5.69 Å². The van der Waals surface area contributed by atoms with Gasteiger partial charge in [-0.25, -0.2) is 4.79 Å². The number of hydrogen-bond acceptors (Lipinski definition) is 5. The van der Waals surface area contributed by atoms with Crippen molar-refractivity contribution in [1.29, 1.82) is 0 Å². The first kappa shape index (κ1) is 17.7. The van der Waals surface area contributed by atoms with Crippen molar-refractivity contribution in [3.8, 4) is 0 Å². The molecule has 2 aliphatic rings. The minimum atomic E-state index is -1.61. The zero-order valence-electron chi connectivity index (χ0n) is 14.4. The molecular formula is C18H19N3O5. The van der Waals surface area contributed by atoms with E-state index < -0.39 is 24.1 Å². The topological polar surface area (TPSA) is 96.0 Å². The van der Waals surface area contributed by atoms with Gasteiger partial charge in [-0.3, -0.25) is 19.3 Å². The molecule has 0 aliphatic carbocycles. The summed E-state index contributed by atoms with van der Waals surface area (Å²) >= 11 is 0. The average Bonchev–Trinajstić information content (AvgIpc) is 3.01. The molecule has 2 aliphatic heterocycles. The van der Waals surface area contributed by atoms with Crippen molar-refractivity contribution in [2.75, 3.05) is 25.1 Å². The Morgan fingerprint density at radius 3 is 2.77 bits per heavy atom. The van der Waals surface area contributed by atoms with E-state index in [0.717, 1.165) is 0 Å². The Labute approximate surface area is 150 Å². The smallest absolute Gasteiger partial charge is 0.354 e. The van der Waals surface area contributed by atoms with Gasteiger partial charge in [-0.1, -0.05) is 18.2 Å². The van der Waals surface area contributed by atoms with Crippen molar-refractivity contribution in [2.24, 2.45) is 0 Å². The summed E-state index contributed by atoms with van der Waals surface area (Å²) in [6.07, 6.45) is 1.66. The monoisotopic (exact) mass is 357 g/mol. The Hall–Kier alpha value is -3.16. The van der Waals surface area contributed by atoms with Crippen LogP contribution in [0, 0.1) is 0 Å². The van der Waals surface area contributed by atoms with Gasteiger partial charge < -0.3 is 15.0 Å². The second-order valence-electron chi connectivity index (χ2n) is 6.02. The van der Waals surface area contributed by atoms with E-state index in [4.69, 9.17) is 4.74 Å². The Kier molecular flexibility index (Phi) is 4.50. The van der Waals surface area contributed by atoms with Crippen LogP contribution < -0.4 is 10.2 Å². The molecule has 3 rings (SSSR count). The number of amides is 3. The van der Waals surface area contributed by atoms with E-state index in [0.29, 0.717) is 11.3 Å². The van der Waals surface area contributed by atoms with E-state index in [1.54, 1.807) is 24.3 Å². The zero-order valence-corrected chi connectivity index (χ0v) is 14.4. The minimum absolute atomic E-state index is 0.0615. The van der Waals surface area contributed by atoms with Crippen LogP contribution in [0.2, 0.25) is 0 Å². The summed E-state index contributed by atoms with van der Waals surface area (Å²) in [6, 6.07) is 6.63. The van der Waals surface area contributed by atoms with Crippen molar-refractivity contribution in [1.82, 2.24) is 10.2 Å². The molecule has 1 N–H and O–H groups in total. The molecule has 1 saturated heterocycles. The van der Waals surface area contributed by atoms with E-state index in [-0.39, 0.29) is 31.2 Å². The predicted octanol–water partition coefficient (Wildman–Crippen LogP) is 0.441. The van der Waals surface area contributed by atoms with E-state index >= 15 is 0 Å². The number of nitrogens with one attached hydrogen (secondary N) is 1. The van der Waals surface area contributed by atoms with Gasteiger partial charge in [-0.2, -0.15) is 0 Å². The number of carbonyl (C=O) groups is 4. The number of esters is 1. The quantitative estimate of drug-likeness (QED) is 0.609. The molecular weight excluding hydrogens is 338 g/mol. The van der Waals surface area contributed by atoms with E-state index in [2.05, 4.69) is 11.9 Å². The van der Waals surface area contributed by atoms with Crippen LogP contribution in [0.3, 0.4) is 0 Å². The van der Waals surface area contributed by atoms with Crippen LogP contribution in [0.5, 0.6) is 0 Å². The number of benzene rings is 1. The van der Waals surface area contributed by atoms with E-state index in [1.807, 2.05) is 0 Å². The Bertz CT molecular complexity index is 806. The van der Waals surface area contributed by atoms with Crippen molar-refractivity contribution in [3.05, 3.63) is 42.5 Å². The predicted molar refractivity (Wildman–Crippen MR) is 92.2 cm³/mol. The SMILES string of the molecule is C=CCN1C(=O)c2ccccc2N2C(=O)CC[C@]12C(=O)OCC(=O)NC. The summed E-state index contributed by atoms with van der Waals surface area (Å²) < 4.78 is 5.15. The van der Waals surface area contributed by atoms with Crippen LogP contribution in [0.15, 0.2) is 36.9 Å². The van der Waals surface area contributed by atoms with Crippen molar-refractivity contribution < 1.29 is 23.9 Å². The van der Waals surface area contributed by atoms with Gasteiger partial charge >= 0.3 is 5.97 Å². The Balaban J connectivity index is 2.11. The van der Waals surface area contributed by atoms with Crippen molar-refractivity contribution in [3.63, 3.8) is 0 Å². The normalized spacial score (nSPS) is 21.1. The molecule has 136 valence electrons. The van der Waals surface area contributed by atoms with Gasteiger partial charge in [0, 0.05) is 26.4 Å². The molecule has 1 fully saturated rings. The maximum atomic E-state index is 13.0. The lowest BCUT2D eigenvalue weighted by Gasteiger charge is -2.47. The molecule has 8 nitrogen and oxygen atoms in total. The maximum Gasteiger partial charge on any atom is 0.354 e. The molecule has 1 atom stereocenters. The fourth-order valence-electron chi connectivity index (χ4n) is 3.45. The van der Waals surface area contributed by atoms with E-state index in [1.165, 1.54) is 22.9 Å². The number of fused-ring (bicyclic) bond motifs is 3. The van der Waals surface area contributed by atoms with Crippen LogP contribution >= 0.6 is 0 Å². The molecule has 0 aromatic heterocycles. The molecule has 3 amide bonds. The van der Waals surface area contributed by atoms with Crippen molar-refractivity contribution in [2.45, 2.75) is 18.5 Å². The summed E-state index contributed by atoms with van der Waals surface area (Å²) in [5, 5.41) is 2.36. The molecule has 0 bridgehead atoms. The highest BCUT2D eigenvalue weighted by Gasteiger charge is 2.61. The molecule has 0 unspecified atom stereocenters. The third-order valence-electron chi connectivity index (χ3n) is 4.63. The molecule has 2 heterocycles. The van der Waals surface area contributed by atoms with Crippen LogP contribution in [0.25, 0.3) is 0 Å². The van der Waals surface area contributed by atoms with Gasteiger partial charge in [-0.05, 0) is 12.1 Å². The number of carbonyl (C=O) groups excluding carboxylic acids is 4. The summed E-state index contributed by atoms with van der Waals surface area (Å²) in [6.45, 7) is 3.22. The van der Waals surface area contributed by atoms with E-state index in [9.17, 15) is 19.2 Å². The zero-order chi connectivity index (χ0) is 18.9. The third-order valence-corrected chi connectivity index (χ3v) is 4.63. The molecule has 1 aromatic carbocycles. The van der Waals surface area contributed by atoms with Gasteiger partial charge in [0.25, 0.3) is 11.8 Å². The van der Waals surface area contributed by atoms with Crippen LogP contribution in [0.1, 0.15) is 23.2 Å². The Morgan fingerprint density at radius 2 is 2.08 bits per heavy atom. The summed E-state index contributed by atoms with van der Waals surface area (Å²) in [4.78, 5) is 52.7. The highest BCUT2D eigenvalue weighted by molar-refractivity contribution is 6.15. The van der Waals surface area contributed by atoms with Crippen LogP contribution in [-0.4, -0.2) is 54.5 Å². The number of anilines is 1. The molecule has 0 saturated carbocycles. The fraction of sp³-hybridized carbons (Fsp3) is 0.333. The Morgan fingerprint density at radius 1 is 1.35 bits per heavy atom. The van der Waals surface area contributed by atoms with Gasteiger partial charge in [0.15, 0.2) is 6.61 Å². The maximum absolute atomic E-state index is 13.0. The molecule has 26 heavy (non-hydrogen) atoms. The summed E-state index contributed by atoms with van der Waals surface area (Å²) in [5.41, 5.74) is -0.901. The number of nitrogens with zero attached hydrogens (tertiary/aromatic N) is 2. The fourth-order valence-corrected chi connectivity index (χ4v) is 3.45. The van der Waals surface area contributed by atoms with Crippen molar-refractivity contribution >= 4 is 29.4 Å². The molecule has 0 spiro atoms. The second kappa shape index (κ2) is 6.62. The first-order valence-electron chi connectivity index (χ1n) is 8.20. The third kappa shape index (κ3) is 2.45. The lowest BCUT2D eigenvalue weighted by Crippen LogP contribution is -2.68. The summed E-state index contributed by atoms with van der Waals surface area (Å²) in [5.74, 6) is -1.96. The largest absolute Gasteiger partial charge is 0.452 e. The first-order chi connectivity index (χ1) is 12.5. The number of likely N-dealkylation sites (N-methyl/N-ethyl adjacent to an activating group) is 1. The lowest BCUT2D eigenvalue weighted by atomic mass is 9.96. The van der Waals surface area contributed by atoms with Gasteiger partial charge in [0.05, 0.1) is 11.3 Å². The van der Waals surface area contributed by atoms with Gasteiger partial charge in [0.1, 0.15) is 0 Å². The number of hydrogen-bond donors (Lipinski definition) is 1. The highest BCUT2D eigenvalue weighted by Crippen LogP contribution is 2.44. The van der Waals surface area contributed by atoms with Crippen LogP contribution in [-0.2, 0) is 19.1 Å². The minimum Gasteiger partial charge on any atom is -0.452 e. The van der Waals surface area contributed by atoms with Gasteiger partial charge in [-0.15, -0.1) is 6.58 Å². The molecule has 1 aromatic rings. The molecule has 0 radical (unpaired) electrons. The highest BCUT2D eigenvalue weighted by atomic mass is 16.5. The number of para-hydroxylation sites is 1. The summed E-state index contributed by atoms with van der Waals surface area (Å²) in [7, 11) is 1.42. The first-order valence-corrected chi connectivity index (χ1v) is 8.20. The molecule has 8 heteroatoms. The average molecular weight is 357 g/mol. The number of ether oxygens (including phenoxy) is 1. The standard InChI is InChI=1S/C18H19N3O5/c1-3-10-20-16(24)12-6-4-5-7-13(12)21-15(23)8-9-18(20,21)17(25)26-11-14(22)19-2/h3-7H,1,8-11H2,2H3,(H,19,22)/t18-/m0/s1. The van der Waals surface area contributed by atoms with Gasteiger partial charge in [0.2, 0.25) is 11.6 Å². The number of rotatable bonds is 5.